The SMILES string of the molecule is CC1CCCN(C(C)(C)CNC(=O)c2ccc(N3CCCS3(=O)=O)cc2)C1. The van der Waals surface area contributed by atoms with E-state index in [1.165, 1.54) is 17.1 Å². The predicted octanol–water partition coefficient (Wildman–Crippen LogP) is 2.47. The largest absolute Gasteiger partial charge is 0.350 e. The van der Waals surface area contributed by atoms with Gasteiger partial charge in [-0.3, -0.25) is 14.0 Å². The number of benzene rings is 1. The van der Waals surface area contributed by atoms with Crippen LogP contribution in [0.5, 0.6) is 0 Å². The van der Waals surface area contributed by atoms with Crippen LogP contribution in [0, 0.1) is 5.92 Å². The van der Waals surface area contributed by atoms with Crippen LogP contribution in [0.2, 0.25) is 0 Å². The molecule has 2 fully saturated rings. The first-order valence-electron chi connectivity index (χ1n) is 9.83. The molecule has 2 saturated heterocycles. The van der Waals surface area contributed by atoms with Gasteiger partial charge in [0, 0.05) is 30.7 Å². The van der Waals surface area contributed by atoms with E-state index in [1.54, 1.807) is 24.3 Å². The molecule has 0 aliphatic carbocycles. The summed E-state index contributed by atoms with van der Waals surface area (Å²) in [6, 6.07) is 6.84. The summed E-state index contributed by atoms with van der Waals surface area (Å²) in [5.41, 5.74) is 1.10. The number of anilines is 1. The monoisotopic (exact) mass is 393 g/mol. The molecule has 2 aliphatic rings. The molecule has 3 rings (SSSR count). The van der Waals surface area contributed by atoms with Crippen molar-refractivity contribution in [3.05, 3.63) is 29.8 Å². The van der Waals surface area contributed by atoms with Gasteiger partial charge in [0.1, 0.15) is 0 Å². The lowest BCUT2D eigenvalue weighted by Crippen LogP contribution is -2.54. The van der Waals surface area contributed by atoms with Crippen molar-refractivity contribution in [3.63, 3.8) is 0 Å². The first-order chi connectivity index (χ1) is 12.7. The zero-order valence-electron chi connectivity index (χ0n) is 16.6. The number of hydrogen-bond donors (Lipinski definition) is 1. The van der Waals surface area contributed by atoms with E-state index in [4.69, 9.17) is 0 Å². The maximum atomic E-state index is 12.5. The molecule has 1 N–H and O–H groups in total. The zero-order valence-corrected chi connectivity index (χ0v) is 17.4. The number of nitrogens with one attached hydrogen (secondary N) is 1. The van der Waals surface area contributed by atoms with Crippen molar-refractivity contribution in [2.24, 2.45) is 5.92 Å². The van der Waals surface area contributed by atoms with Gasteiger partial charge in [-0.05, 0) is 69.8 Å². The van der Waals surface area contributed by atoms with Crippen molar-refractivity contribution >= 4 is 21.6 Å². The molecule has 2 heterocycles. The highest BCUT2D eigenvalue weighted by atomic mass is 32.2. The van der Waals surface area contributed by atoms with E-state index in [1.807, 2.05) is 0 Å². The van der Waals surface area contributed by atoms with Gasteiger partial charge in [-0.15, -0.1) is 0 Å². The summed E-state index contributed by atoms with van der Waals surface area (Å²) in [7, 11) is -3.19. The van der Waals surface area contributed by atoms with E-state index in [9.17, 15) is 13.2 Å². The van der Waals surface area contributed by atoms with Gasteiger partial charge in [-0.25, -0.2) is 8.42 Å². The van der Waals surface area contributed by atoms with E-state index < -0.39 is 10.0 Å². The van der Waals surface area contributed by atoms with Crippen LogP contribution in [0.3, 0.4) is 0 Å². The summed E-state index contributed by atoms with van der Waals surface area (Å²) >= 11 is 0. The minimum Gasteiger partial charge on any atom is -0.350 e. The number of rotatable bonds is 5. The molecule has 1 unspecified atom stereocenters. The highest BCUT2D eigenvalue weighted by Gasteiger charge is 2.31. The minimum atomic E-state index is -3.19. The Morgan fingerprint density at radius 3 is 2.48 bits per heavy atom. The lowest BCUT2D eigenvalue weighted by Gasteiger charge is -2.43. The molecule has 0 saturated carbocycles. The Bertz CT molecular complexity index is 774. The normalized spacial score (nSPS) is 23.4. The van der Waals surface area contributed by atoms with E-state index in [0.29, 0.717) is 36.7 Å². The average Bonchev–Trinajstić information content (AvgIpc) is 2.99. The van der Waals surface area contributed by atoms with Crippen molar-refractivity contribution < 1.29 is 13.2 Å². The third kappa shape index (κ3) is 4.63. The first kappa shape index (κ1) is 20.1. The summed E-state index contributed by atoms with van der Waals surface area (Å²) in [6.45, 7) is 9.87. The van der Waals surface area contributed by atoms with E-state index in [2.05, 4.69) is 31.0 Å². The topological polar surface area (TPSA) is 69.7 Å². The third-order valence-electron chi connectivity index (χ3n) is 5.71. The molecule has 27 heavy (non-hydrogen) atoms. The van der Waals surface area contributed by atoms with Crippen molar-refractivity contribution in [2.45, 2.75) is 45.6 Å². The standard InChI is InChI=1S/C20H31N3O3S/c1-16-6-4-11-22(14-16)20(2,3)15-21-19(24)17-7-9-18(10-8-17)23-12-5-13-27(23,25)26/h7-10,16H,4-6,11-15H2,1-3H3,(H,21,24). The number of carbonyl (C=O) groups excluding carboxylic acids is 1. The summed E-state index contributed by atoms with van der Waals surface area (Å²) in [5, 5.41) is 3.04. The highest BCUT2D eigenvalue weighted by molar-refractivity contribution is 7.93. The van der Waals surface area contributed by atoms with Gasteiger partial charge in [-0.2, -0.15) is 0 Å². The molecule has 0 bridgehead atoms. The molecule has 7 heteroatoms. The summed E-state index contributed by atoms with van der Waals surface area (Å²) in [4.78, 5) is 15.0. The maximum Gasteiger partial charge on any atom is 0.251 e. The Morgan fingerprint density at radius 2 is 1.89 bits per heavy atom. The van der Waals surface area contributed by atoms with Crippen LogP contribution < -0.4 is 9.62 Å². The molecule has 150 valence electrons. The summed E-state index contributed by atoms with van der Waals surface area (Å²) < 4.78 is 25.4. The molecule has 0 spiro atoms. The number of likely N-dealkylation sites (tertiary alicyclic amines) is 1. The van der Waals surface area contributed by atoms with Crippen molar-refractivity contribution in [2.75, 3.05) is 36.2 Å². The maximum absolute atomic E-state index is 12.5. The van der Waals surface area contributed by atoms with Crippen LogP contribution >= 0.6 is 0 Å². The van der Waals surface area contributed by atoms with Gasteiger partial charge in [0.25, 0.3) is 5.91 Å². The van der Waals surface area contributed by atoms with Crippen LogP contribution in [-0.2, 0) is 10.0 Å². The van der Waals surface area contributed by atoms with Gasteiger partial charge in [-0.1, -0.05) is 6.92 Å². The Labute approximate surface area is 163 Å². The molecule has 1 atom stereocenters. The smallest absolute Gasteiger partial charge is 0.251 e. The lowest BCUT2D eigenvalue weighted by molar-refractivity contribution is 0.0657. The molecule has 6 nitrogen and oxygen atoms in total. The minimum absolute atomic E-state index is 0.0894. The van der Waals surface area contributed by atoms with Gasteiger partial charge < -0.3 is 5.32 Å². The van der Waals surface area contributed by atoms with Gasteiger partial charge in [0.05, 0.1) is 11.4 Å². The van der Waals surface area contributed by atoms with Crippen LogP contribution in [0.4, 0.5) is 5.69 Å². The number of amides is 1. The van der Waals surface area contributed by atoms with Gasteiger partial charge >= 0.3 is 0 Å². The zero-order chi connectivity index (χ0) is 19.7. The number of sulfonamides is 1. The lowest BCUT2D eigenvalue weighted by atomic mass is 9.93. The number of piperidine rings is 1. The second kappa shape index (κ2) is 7.80. The van der Waals surface area contributed by atoms with Crippen molar-refractivity contribution in [1.29, 1.82) is 0 Å². The molecule has 0 aromatic heterocycles. The fourth-order valence-corrected chi connectivity index (χ4v) is 5.52. The summed E-state index contributed by atoms with van der Waals surface area (Å²) in [5.74, 6) is 0.770. The highest BCUT2D eigenvalue weighted by Crippen LogP contribution is 2.25. The first-order valence-corrected chi connectivity index (χ1v) is 11.4. The Hall–Kier alpha value is -1.60. The molecule has 1 amide bonds. The number of hydrogen-bond acceptors (Lipinski definition) is 4. The quantitative estimate of drug-likeness (QED) is 0.834. The fraction of sp³-hybridized carbons (Fsp3) is 0.650. The fourth-order valence-electron chi connectivity index (χ4n) is 3.96. The number of carbonyl (C=O) groups is 1. The Morgan fingerprint density at radius 1 is 1.19 bits per heavy atom. The van der Waals surface area contributed by atoms with Gasteiger partial charge in [0.15, 0.2) is 0 Å². The van der Waals surface area contributed by atoms with Crippen LogP contribution in [0.1, 0.15) is 50.4 Å². The molecule has 0 radical (unpaired) electrons. The molecule has 1 aromatic rings. The van der Waals surface area contributed by atoms with Gasteiger partial charge in [0.2, 0.25) is 10.0 Å². The molecular weight excluding hydrogens is 362 g/mol. The van der Waals surface area contributed by atoms with Crippen LogP contribution in [0.25, 0.3) is 0 Å². The van der Waals surface area contributed by atoms with Crippen molar-refractivity contribution in [3.8, 4) is 0 Å². The third-order valence-corrected chi connectivity index (χ3v) is 7.58. The molecule has 2 aliphatic heterocycles. The Balaban J connectivity index is 1.59. The second-order valence-corrected chi connectivity index (χ2v) is 10.5. The van der Waals surface area contributed by atoms with Crippen LogP contribution in [-0.4, -0.2) is 56.7 Å². The molecule has 1 aromatic carbocycles. The number of nitrogens with zero attached hydrogens (tertiary/aromatic N) is 2. The predicted molar refractivity (Wildman–Crippen MR) is 109 cm³/mol. The van der Waals surface area contributed by atoms with Crippen LogP contribution in [0.15, 0.2) is 24.3 Å². The van der Waals surface area contributed by atoms with E-state index in [-0.39, 0.29) is 17.2 Å². The average molecular weight is 394 g/mol. The van der Waals surface area contributed by atoms with E-state index in [0.717, 1.165) is 13.1 Å². The molecular formula is C20H31N3O3S. The van der Waals surface area contributed by atoms with Crippen molar-refractivity contribution in [1.82, 2.24) is 10.2 Å². The summed E-state index contributed by atoms with van der Waals surface area (Å²) in [6.07, 6.45) is 3.13. The second-order valence-electron chi connectivity index (χ2n) is 8.48. The Kier molecular flexibility index (Phi) is 5.82. The van der Waals surface area contributed by atoms with E-state index >= 15 is 0 Å².